The van der Waals surface area contributed by atoms with E-state index in [1.807, 2.05) is 18.2 Å². The van der Waals surface area contributed by atoms with Crippen LogP contribution in [0.3, 0.4) is 0 Å². The summed E-state index contributed by atoms with van der Waals surface area (Å²) in [6, 6.07) is 5.91. The van der Waals surface area contributed by atoms with Crippen molar-refractivity contribution in [2.45, 2.75) is 31.8 Å². The number of hydrogen-bond acceptors (Lipinski definition) is 2. The largest absolute Gasteiger partial charge is 0.483 e. The Morgan fingerprint density at radius 1 is 1.15 bits per heavy atom. The minimum Gasteiger partial charge on any atom is -0.483 e. The molecule has 0 amide bonds. The Hall–Kier alpha value is -1.18. The van der Waals surface area contributed by atoms with E-state index < -0.39 is 0 Å². The Bertz CT molecular complexity index is 307. The lowest BCUT2D eigenvalue weighted by atomic mass is 10.2. The maximum Gasteiger partial charge on any atom is 0.205 e. The van der Waals surface area contributed by atoms with Crippen molar-refractivity contribution in [2.75, 3.05) is 0 Å². The summed E-state index contributed by atoms with van der Waals surface area (Å²) in [5, 5.41) is 0. The van der Waals surface area contributed by atoms with Crippen molar-refractivity contribution in [3.05, 3.63) is 18.2 Å². The van der Waals surface area contributed by atoms with Crippen molar-refractivity contribution < 1.29 is 9.47 Å². The maximum absolute atomic E-state index is 5.85. The van der Waals surface area contributed by atoms with E-state index in [1.165, 1.54) is 25.7 Å². The van der Waals surface area contributed by atoms with Crippen molar-refractivity contribution in [3.63, 3.8) is 0 Å². The van der Waals surface area contributed by atoms with E-state index in [-0.39, 0.29) is 0 Å². The van der Waals surface area contributed by atoms with Crippen LogP contribution in [0.15, 0.2) is 18.2 Å². The predicted octanol–water partition coefficient (Wildman–Crippen LogP) is 3.11. The molecule has 1 aliphatic carbocycles. The monoisotopic (exact) mass is 176 g/mol. The van der Waals surface area contributed by atoms with E-state index in [4.69, 9.17) is 9.47 Å². The summed E-state index contributed by atoms with van der Waals surface area (Å²) in [7, 11) is 0. The quantitative estimate of drug-likeness (QED) is 0.700. The second-order valence-corrected chi connectivity index (χ2v) is 3.71. The highest BCUT2D eigenvalue weighted by Gasteiger charge is 2.26. The number of benzene rings is 1. The van der Waals surface area contributed by atoms with E-state index in [0.29, 0.717) is 6.10 Å². The Morgan fingerprint density at radius 2 is 1.85 bits per heavy atom. The van der Waals surface area contributed by atoms with Gasteiger partial charge < -0.3 is 9.47 Å². The summed E-state index contributed by atoms with van der Waals surface area (Å²) >= 11 is 0. The molecule has 0 unspecified atom stereocenters. The van der Waals surface area contributed by atoms with Crippen molar-refractivity contribution in [3.8, 4) is 17.2 Å². The van der Waals surface area contributed by atoms with Gasteiger partial charge in [0.2, 0.25) is 5.75 Å². The molecule has 0 atom stereocenters. The van der Waals surface area contributed by atoms with Gasteiger partial charge in [-0.15, -0.1) is 0 Å². The molecule has 2 heteroatoms. The van der Waals surface area contributed by atoms with Gasteiger partial charge in [0.1, 0.15) is 0 Å². The first-order chi connectivity index (χ1) is 6.43. The average Bonchev–Trinajstić information content (AvgIpc) is 2.68. The Labute approximate surface area is 77.5 Å². The molecule has 1 aromatic rings. The summed E-state index contributed by atoms with van der Waals surface area (Å²) in [5.74, 6) is 2.79. The number of rotatable bonds is 2. The molecule has 2 bridgehead atoms. The van der Waals surface area contributed by atoms with Gasteiger partial charge in [-0.05, 0) is 37.8 Å². The fourth-order valence-corrected chi connectivity index (χ4v) is 2.02. The first-order valence-corrected chi connectivity index (χ1v) is 4.91. The average molecular weight is 176 g/mol. The SMILES string of the molecule is c1cc2c(OC3CCCC3)c(c1)O2. The lowest BCUT2D eigenvalue weighted by Gasteiger charge is -2.25. The van der Waals surface area contributed by atoms with Crippen LogP contribution in [0.25, 0.3) is 0 Å². The van der Waals surface area contributed by atoms with Crippen LogP contribution in [0.4, 0.5) is 0 Å². The highest BCUT2D eigenvalue weighted by atomic mass is 16.6. The second kappa shape index (κ2) is 2.66. The second-order valence-electron chi connectivity index (χ2n) is 3.71. The molecule has 2 nitrogen and oxygen atoms in total. The zero-order valence-corrected chi connectivity index (χ0v) is 7.45. The van der Waals surface area contributed by atoms with E-state index in [9.17, 15) is 0 Å². The van der Waals surface area contributed by atoms with E-state index in [1.54, 1.807) is 0 Å². The number of fused-ring (bicyclic) bond motifs is 2. The molecule has 1 fully saturated rings. The predicted molar refractivity (Wildman–Crippen MR) is 49.4 cm³/mol. The smallest absolute Gasteiger partial charge is 0.205 e. The van der Waals surface area contributed by atoms with Gasteiger partial charge in [0.25, 0.3) is 0 Å². The molecule has 68 valence electrons. The molecular formula is C11H12O2. The van der Waals surface area contributed by atoms with Gasteiger partial charge in [-0.25, -0.2) is 0 Å². The van der Waals surface area contributed by atoms with Gasteiger partial charge in [0, 0.05) is 0 Å². The summed E-state index contributed by atoms with van der Waals surface area (Å²) < 4.78 is 11.2. The molecule has 3 aliphatic rings. The zero-order chi connectivity index (χ0) is 8.67. The third kappa shape index (κ3) is 1.09. The normalized spacial score (nSPS) is 19.4. The van der Waals surface area contributed by atoms with Crippen molar-refractivity contribution in [2.24, 2.45) is 0 Å². The minimum atomic E-state index is 0.434. The molecule has 4 rings (SSSR count). The lowest BCUT2D eigenvalue weighted by Crippen LogP contribution is -2.14. The molecule has 0 aromatic heterocycles. The lowest BCUT2D eigenvalue weighted by molar-refractivity contribution is 0.179. The van der Waals surface area contributed by atoms with E-state index in [2.05, 4.69) is 0 Å². The Balaban J connectivity index is 1.77. The Morgan fingerprint density at radius 3 is 2.46 bits per heavy atom. The molecule has 0 spiro atoms. The number of ether oxygens (including phenoxy) is 2. The number of para-hydroxylation sites is 1. The molecule has 2 aliphatic heterocycles. The van der Waals surface area contributed by atoms with Gasteiger partial charge in [-0.2, -0.15) is 0 Å². The van der Waals surface area contributed by atoms with E-state index in [0.717, 1.165) is 17.2 Å². The first kappa shape index (κ1) is 7.25. The fourth-order valence-electron chi connectivity index (χ4n) is 2.02. The summed E-state index contributed by atoms with van der Waals surface area (Å²) in [6.07, 6.45) is 5.46. The van der Waals surface area contributed by atoms with Gasteiger partial charge in [-0.1, -0.05) is 6.07 Å². The van der Waals surface area contributed by atoms with Crippen molar-refractivity contribution in [1.82, 2.24) is 0 Å². The van der Waals surface area contributed by atoms with Crippen LogP contribution in [0.2, 0.25) is 0 Å². The summed E-state index contributed by atoms with van der Waals surface area (Å²) in [5.41, 5.74) is 0. The minimum absolute atomic E-state index is 0.434. The molecule has 0 N–H and O–H groups in total. The standard InChI is InChI=1S/C11H12O2/c1-2-5-8(4-1)12-11-9-6-3-7-10(11)13-9/h3,6-8H,1-2,4-5H2. The van der Waals surface area contributed by atoms with Crippen LogP contribution in [0.5, 0.6) is 17.2 Å². The van der Waals surface area contributed by atoms with Crippen LogP contribution in [0.1, 0.15) is 25.7 Å². The van der Waals surface area contributed by atoms with Gasteiger partial charge in [-0.3, -0.25) is 0 Å². The Kier molecular flexibility index (Phi) is 1.48. The van der Waals surface area contributed by atoms with Gasteiger partial charge >= 0.3 is 0 Å². The van der Waals surface area contributed by atoms with Gasteiger partial charge in [0.15, 0.2) is 11.5 Å². The fraction of sp³-hybridized carbons (Fsp3) is 0.455. The summed E-state index contributed by atoms with van der Waals surface area (Å²) in [4.78, 5) is 0. The molecular weight excluding hydrogens is 164 g/mol. The third-order valence-electron chi connectivity index (χ3n) is 2.75. The van der Waals surface area contributed by atoms with E-state index >= 15 is 0 Å². The molecule has 1 saturated carbocycles. The highest BCUT2D eigenvalue weighted by molar-refractivity contribution is 5.60. The number of hydrogen-bond donors (Lipinski definition) is 0. The third-order valence-corrected chi connectivity index (χ3v) is 2.75. The van der Waals surface area contributed by atoms with Crippen LogP contribution >= 0.6 is 0 Å². The van der Waals surface area contributed by atoms with Crippen molar-refractivity contribution >= 4 is 0 Å². The maximum atomic E-state index is 5.85. The summed E-state index contributed by atoms with van der Waals surface area (Å²) in [6.45, 7) is 0. The zero-order valence-electron chi connectivity index (χ0n) is 7.45. The van der Waals surface area contributed by atoms with Crippen LogP contribution in [-0.2, 0) is 0 Å². The highest BCUT2D eigenvalue weighted by Crippen LogP contribution is 2.50. The van der Waals surface area contributed by atoms with Crippen LogP contribution < -0.4 is 9.47 Å². The van der Waals surface area contributed by atoms with Crippen LogP contribution in [0, 0.1) is 0 Å². The van der Waals surface area contributed by atoms with Crippen molar-refractivity contribution in [1.29, 1.82) is 0 Å². The topological polar surface area (TPSA) is 18.5 Å². The first-order valence-electron chi connectivity index (χ1n) is 4.91. The molecule has 13 heavy (non-hydrogen) atoms. The molecule has 0 saturated heterocycles. The molecule has 0 radical (unpaired) electrons. The van der Waals surface area contributed by atoms with Gasteiger partial charge in [0.05, 0.1) is 6.10 Å². The molecule has 1 aromatic carbocycles. The molecule has 2 heterocycles. The van der Waals surface area contributed by atoms with Crippen LogP contribution in [-0.4, -0.2) is 6.10 Å².